The fourth-order valence-corrected chi connectivity index (χ4v) is 2.18. The van der Waals surface area contributed by atoms with Crippen LogP contribution >= 0.6 is 11.6 Å². The fourth-order valence-electron chi connectivity index (χ4n) is 2.05. The number of hydrogen-bond acceptors (Lipinski definition) is 5. The van der Waals surface area contributed by atoms with Gasteiger partial charge in [0.25, 0.3) is 0 Å². The molecule has 0 atom stereocenters. The summed E-state index contributed by atoms with van der Waals surface area (Å²) in [7, 11) is -2.61. The molecule has 0 aliphatic heterocycles. The first-order valence-corrected chi connectivity index (χ1v) is 8.98. The zero-order chi connectivity index (χ0) is 20.6. The van der Waals surface area contributed by atoms with Gasteiger partial charge in [0.2, 0.25) is 0 Å². The molecule has 0 radical (unpaired) electrons. The lowest BCUT2D eigenvalue weighted by atomic mass is 9.99. The normalized spacial score (nSPS) is 11.4. The SMILES string of the molecule is CC/C(=N/Oc1ccc(Cl)cc1)c1ccc(C)cc1C(F)(F)F.N=S(=O)=O. The van der Waals surface area contributed by atoms with Gasteiger partial charge < -0.3 is 4.84 Å². The summed E-state index contributed by atoms with van der Waals surface area (Å²) < 4.78 is 62.5. The van der Waals surface area contributed by atoms with E-state index in [9.17, 15) is 13.2 Å². The van der Waals surface area contributed by atoms with E-state index in [1.54, 1.807) is 44.2 Å². The molecule has 0 spiro atoms. The summed E-state index contributed by atoms with van der Waals surface area (Å²) in [5, 5.41) is 4.43. The molecule has 2 rings (SSSR count). The lowest BCUT2D eigenvalue weighted by Crippen LogP contribution is -2.14. The van der Waals surface area contributed by atoms with Crippen molar-refractivity contribution >= 4 is 27.8 Å². The smallest absolute Gasteiger partial charge is 0.357 e. The molecule has 0 fully saturated rings. The van der Waals surface area contributed by atoms with Crippen LogP contribution in [0.1, 0.15) is 30.0 Å². The van der Waals surface area contributed by atoms with Crippen LogP contribution in [0.4, 0.5) is 13.2 Å². The van der Waals surface area contributed by atoms with Gasteiger partial charge in [-0.3, -0.25) is 0 Å². The van der Waals surface area contributed by atoms with Crippen LogP contribution in [0.5, 0.6) is 5.75 Å². The molecule has 0 aromatic heterocycles. The molecule has 0 amide bonds. The van der Waals surface area contributed by atoms with Crippen LogP contribution in [0.2, 0.25) is 5.02 Å². The van der Waals surface area contributed by atoms with E-state index < -0.39 is 22.2 Å². The summed E-state index contributed by atoms with van der Waals surface area (Å²) in [6.45, 7) is 3.34. The number of aryl methyl sites for hydroxylation is 1. The van der Waals surface area contributed by atoms with E-state index in [1.165, 1.54) is 6.07 Å². The summed E-state index contributed by atoms with van der Waals surface area (Å²) >= 11 is 5.77. The minimum atomic E-state index is -4.45. The zero-order valence-electron chi connectivity index (χ0n) is 14.3. The number of hydrogen-bond donors (Lipinski definition) is 1. The molecule has 0 saturated carbocycles. The molecule has 0 unspecified atom stereocenters. The van der Waals surface area contributed by atoms with E-state index in [1.807, 2.05) is 0 Å². The minimum Gasteiger partial charge on any atom is -0.357 e. The lowest BCUT2D eigenvalue weighted by Gasteiger charge is -2.14. The van der Waals surface area contributed by atoms with Gasteiger partial charge in [-0.2, -0.15) is 26.4 Å². The highest BCUT2D eigenvalue weighted by molar-refractivity contribution is 7.60. The Morgan fingerprint density at radius 1 is 1.19 bits per heavy atom. The molecule has 0 bridgehead atoms. The molecule has 0 saturated heterocycles. The highest BCUT2D eigenvalue weighted by Gasteiger charge is 2.34. The average Bonchev–Trinajstić information content (AvgIpc) is 2.56. The highest BCUT2D eigenvalue weighted by atomic mass is 35.5. The molecule has 0 aliphatic carbocycles. The predicted molar refractivity (Wildman–Crippen MR) is 96.7 cm³/mol. The largest absolute Gasteiger partial charge is 0.417 e. The molecule has 2 aromatic carbocycles. The van der Waals surface area contributed by atoms with Crippen molar-refractivity contribution in [2.75, 3.05) is 0 Å². The van der Waals surface area contributed by atoms with Gasteiger partial charge in [0.15, 0.2) is 5.75 Å². The second-order valence-electron chi connectivity index (χ2n) is 5.22. The summed E-state index contributed by atoms with van der Waals surface area (Å²) in [5.74, 6) is 0.404. The van der Waals surface area contributed by atoms with Crippen LogP contribution in [0.3, 0.4) is 0 Å². The number of halogens is 4. The minimum absolute atomic E-state index is 0.0274. The van der Waals surface area contributed by atoms with Gasteiger partial charge in [0, 0.05) is 10.6 Å². The summed E-state index contributed by atoms with van der Waals surface area (Å²) in [4.78, 5) is 5.23. The Bertz CT molecular complexity index is 906. The van der Waals surface area contributed by atoms with Crippen LogP contribution in [-0.2, 0) is 16.7 Å². The van der Waals surface area contributed by atoms with Gasteiger partial charge >= 0.3 is 16.7 Å². The van der Waals surface area contributed by atoms with Crippen molar-refractivity contribution < 1.29 is 26.4 Å². The van der Waals surface area contributed by atoms with Crippen LogP contribution in [0.15, 0.2) is 47.6 Å². The molecule has 27 heavy (non-hydrogen) atoms. The maximum absolute atomic E-state index is 13.2. The van der Waals surface area contributed by atoms with Gasteiger partial charge in [-0.15, -0.1) is 0 Å². The zero-order valence-corrected chi connectivity index (χ0v) is 15.9. The molecule has 5 nitrogen and oxygen atoms in total. The van der Waals surface area contributed by atoms with Crippen molar-refractivity contribution in [3.05, 3.63) is 64.2 Å². The first-order chi connectivity index (χ1) is 12.5. The number of nitrogens with one attached hydrogen (secondary N) is 1. The predicted octanol–water partition coefficient (Wildman–Crippen LogP) is 5.49. The van der Waals surface area contributed by atoms with Crippen LogP contribution in [-0.4, -0.2) is 14.1 Å². The van der Waals surface area contributed by atoms with Crippen LogP contribution in [0.25, 0.3) is 0 Å². The first-order valence-electron chi connectivity index (χ1n) is 7.52. The molecule has 0 aliphatic rings. The molecule has 1 N–H and O–H groups in total. The first kappa shape index (κ1) is 22.7. The maximum Gasteiger partial charge on any atom is 0.417 e. The van der Waals surface area contributed by atoms with E-state index >= 15 is 0 Å². The number of rotatable bonds is 4. The molecule has 10 heteroatoms. The van der Waals surface area contributed by atoms with E-state index in [4.69, 9.17) is 29.6 Å². The van der Waals surface area contributed by atoms with Crippen molar-refractivity contribution in [3.63, 3.8) is 0 Å². The van der Waals surface area contributed by atoms with Gasteiger partial charge in [0.05, 0.1) is 11.3 Å². The molecule has 0 heterocycles. The average molecular weight is 421 g/mol. The van der Waals surface area contributed by atoms with Gasteiger partial charge in [0.1, 0.15) is 0 Å². The Morgan fingerprint density at radius 3 is 2.22 bits per heavy atom. The van der Waals surface area contributed by atoms with E-state index in [0.717, 1.165) is 6.07 Å². The number of nitrogens with zero attached hydrogens (tertiary/aromatic N) is 1. The second kappa shape index (κ2) is 10.1. The second-order valence-corrected chi connectivity index (χ2v) is 6.12. The molecule has 2 aromatic rings. The topological polar surface area (TPSA) is 79.6 Å². The van der Waals surface area contributed by atoms with Crippen molar-refractivity contribution in [1.82, 2.24) is 0 Å². The number of alkyl halides is 3. The third kappa shape index (κ3) is 7.79. The summed E-state index contributed by atoms with van der Waals surface area (Å²) in [6, 6.07) is 10.6. The van der Waals surface area contributed by atoms with Gasteiger partial charge in [-0.05, 0) is 43.7 Å². The van der Waals surface area contributed by atoms with Crippen molar-refractivity contribution in [2.45, 2.75) is 26.4 Å². The van der Waals surface area contributed by atoms with E-state index in [2.05, 4.69) is 5.16 Å². The lowest BCUT2D eigenvalue weighted by molar-refractivity contribution is -0.137. The highest BCUT2D eigenvalue weighted by Crippen LogP contribution is 2.33. The third-order valence-electron chi connectivity index (χ3n) is 3.20. The maximum atomic E-state index is 13.2. The molecule has 146 valence electrons. The quantitative estimate of drug-likeness (QED) is 0.524. The molecular formula is C17H16ClF3N2O3S. The standard InChI is InChI=1S/C17H15ClF3NO.HNO2S/c1-3-16(22-23-13-7-5-12(18)6-8-13)14-9-4-11(2)10-15(14)17(19,20)21;1-4(2)3/h4-10H,3H2,1-2H3;1H/b22-16-;. The van der Waals surface area contributed by atoms with Gasteiger partial charge in [-0.1, -0.05) is 41.4 Å². The van der Waals surface area contributed by atoms with Gasteiger partial charge in [-0.25, -0.2) is 0 Å². The van der Waals surface area contributed by atoms with Crippen LogP contribution in [0, 0.1) is 11.7 Å². The summed E-state index contributed by atoms with van der Waals surface area (Å²) in [6.07, 6.45) is -4.14. The third-order valence-corrected chi connectivity index (χ3v) is 3.45. The Labute approximate surface area is 160 Å². The Hall–Kier alpha value is -2.39. The van der Waals surface area contributed by atoms with E-state index in [-0.39, 0.29) is 11.3 Å². The van der Waals surface area contributed by atoms with Crippen LogP contribution < -0.4 is 4.84 Å². The fraction of sp³-hybridized carbons (Fsp3) is 0.235. The van der Waals surface area contributed by atoms with Crippen molar-refractivity contribution in [2.24, 2.45) is 5.16 Å². The Balaban J connectivity index is 0.000000828. The Kier molecular flexibility index (Phi) is 8.45. The van der Waals surface area contributed by atoms with Crippen molar-refractivity contribution in [1.29, 1.82) is 4.78 Å². The summed E-state index contributed by atoms with van der Waals surface area (Å²) in [5.41, 5.74) is 0.0831. The number of oxime groups is 1. The number of benzene rings is 2. The Morgan fingerprint density at radius 2 is 1.74 bits per heavy atom. The van der Waals surface area contributed by atoms with E-state index in [0.29, 0.717) is 22.8 Å². The monoisotopic (exact) mass is 420 g/mol. The van der Waals surface area contributed by atoms with Crippen molar-refractivity contribution in [3.8, 4) is 5.75 Å². The molecular weight excluding hydrogens is 405 g/mol.